The van der Waals surface area contributed by atoms with E-state index in [0.29, 0.717) is 0 Å². The van der Waals surface area contributed by atoms with Gasteiger partial charge in [0, 0.05) is 24.8 Å². The predicted molar refractivity (Wildman–Crippen MR) is 114 cm³/mol. The lowest BCUT2D eigenvalue weighted by atomic mass is 10.1. The summed E-state index contributed by atoms with van der Waals surface area (Å²) in [5.74, 6) is -0.557. The van der Waals surface area contributed by atoms with Crippen LogP contribution in [0.25, 0.3) is 0 Å². The highest BCUT2D eigenvalue weighted by molar-refractivity contribution is 9.09. The minimum Gasteiger partial charge on any atom is -0.271 e. The number of hydrogen-bond acceptors (Lipinski definition) is 6. The van der Waals surface area contributed by atoms with Crippen LogP contribution in [0.4, 0.5) is 9.59 Å². The van der Waals surface area contributed by atoms with E-state index in [-0.39, 0.29) is 11.8 Å². The normalized spacial score (nSPS) is 20.0. The van der Waals surface area contributed by atoms with Crippen molar-refractivity contribution in [3.05, 3.63) is 24.8 Å². The number of aromatic nitrogens is 2. The van der Waals surface area contributed by atoms with Crippen LogP contribution in [0.15, 0.2) is 24.8 Å². The maximum Gasteiger partial charge on any atom is 0.348 e. The number of hydrogen-bond donors (Lipinski definition) is 0. The predicted octanol–water partition coefficient (Wildman–Crippen LogP) is 3.77. The second-order valence-electron chi connectivity index (χ2n) is 6.31. The maximum atomic E-state index is 11.2. The van der Waals surface area contributed by atoms with E-state index in [1.54, 1.807) is 52.5 Å². The standard InChI is InChI=1S/2C5H6Br2N2O2.C4H4N2/c2*1-5(2)3(10)8(6)4(11)9(5)7;1-2-6-4-3-5-1/h2*1-2H3;1-4H. The monoisotopic (exact) mass is 648 g/mol. The molecule has 2 aliphatic rings. The second kappa shape index (κ2) is 9.59. The van der Waals surface area contributed by atoms with Gasteiger partial charge >= 0.3 is 12.1 Å². The molecule has 0 aromatic carbocycles. The fourth-order valence-corrected chi connectivity index (χ4v) is 3.94. The molecule has 10 nitrogen and oxygen atoms in total. The van der Waals surface area contributed by atoms with Crippen LogP contribution in [-0.4, -0.2) is 60.6 Å². The Labute approximate surface area is 196 Å². The number of rotatable bonds is 0. The van der Waals surface area contributed by atoms with Crippen molar-refractivity contribution in [2.45, 2.75) is 38.8 Å². The Balaban J connectivity index is 0.000000219. The third-order valence-electron chi connectivity index (χ3n) is 3.53. The Hall–Kier alpha value is -1.12. The van der Waals surface area contributed by atoms with Gasteiger partial charge in [-0.25, -0.2) is 17.4 Å². The van der Waals surface area contributed by atoms with Gasteiger partial charge in [0.25, 0.3) is 11.8 Å². The van der Waals surface area contributed by atoms with Crippen molar-refractivity contribution < 1.29 is 19.2 Å². The van der Waals surface area contributed by atoms with Gasteiger partial charge in [0.15, 0.2) is 0 Å². The average Bonchev–Trinajstić information content (AvgIpc) is 2.90. The molecule has 0 unspecified atom stereocenters. The second-order valence-corrected chi connectivity index (χ2v) is 9.15. The van der Waals surface area contributed by atoms with E-state index in [1.807, 2.05) is 0 Å². The summed E-state index contributed by atoms with van der Waals surface area (Å²) in [7, 11) is 0. The highest BCUT2D eigenvalue weighted by atomic mass is 79.9. The maximum absolute atomic E-state index is 11.2. The Bertz CT molecular complexity index is 689. The molecule has 0 N–H and O–H groups in total. The molecule has 0 bridgehead atoms. The highest BCUT2D eigenvalue weighted by Crippen LogP contribution is 2.33. The third kappa shape index (κ3) is 5.07. The van der Waals surface area contributed by atoms with E-state index < -0.39 is 23.1 Å². The lowest BCUT2D eigenvalue weighted by Crippen LogP contribution is -2.37. The number of carbonyl (C=O) groups excluding carboxylic acids is 4. The number of carbonyl (C=O) groups is 4. The largest absolute Gasteiger partial charge is 0.348 e. The van der Waals surface area contributed by atoms with Crippen LogP contribution < -0.4 is 0 Å². The lowest BCUT2D eigenvalue weighted by molar-refractivity contribution is -0.127. The van der Waals surface area contributed by atoms with Crippen molar-refractivity contribution in [1.82, 2.24) is 25.7 Å². The van der Waals surface area contributed by atoms with Crippen molar-refractivity contribution in [3.63, 3.8) is 0 Å². The molecule has 0 radical (unpaired) electrons. The molecule has 1 aromatic rings. The topological polar surface area (TPSA) is 107 Å². The minimum absolute atomic E-state index is 0.278. The van der Waals surface area contributed by atoms with Gasteiger partial charge in [0.05, 0.1) is 64.6 Å². The molecule has 0 saturated carbocycles. The Morgan fingerprint density at radius 3 is 0.964 bits per heavy atom. The molecule has 3 heterocycles. The summed E-state index contributed by atoms with van der Waals surface area (Å²) in [5.41, 5.74) is -1.61. The fraction of sp³-hybridized carbons (Fsp3) is 0.429. The molecule has 0 spiro atoms. The highest BCUT2D eigenvalue weighted by Gasteiger charge is 2.50. The van der Waals surface area contributed by atoms with E-state index >= 15 is 0 Å². The van der Waals surface area contributed by atoms with Gasteiger partial charge in [-0.05, 0) is 27.7 Å². The van der Waals surface area contributed by atoms with Gasteiger partial charge in [0.2, 0.25) is 0 Å². The van der Waals surface area contributed by atoms with E-state index in [2.05, 4.69) is 74.6 Å². The zero-order valence-corrected chi connectivity index (χ0v) is 21.5. The van der Waals surface area contributed by atoms with Crippen molar-refractivity contribution in [1.29, 1.82) is 0 Å². The van der Waals surface area contributed by atoms with Crippen LogP contribution in [0.2, 0.25) is 0 Å². The molecule has 1 aromatic heterocycles. The molecular formula is C14H16Br4N6O4. The first-order valence-corrected chi connectivity index (χ1v) is 10.3. The van der Waals surface area contributed by atoms with E-state index in [1.165, 1.54) is 7.85 Å². The van der Waals surface area contributed by atoms with E-state index in [0.717, 1.165) is 7.85 Å². The smallest absolute Gasteiger partial charge is 0.271 e. The summed E-state index contributed by atoms with van der Waals surface area (Å²) in [4.78, 5) is 52.0. The summed E-state index contributed by atoms with van der Waals surface area (Å²) in [5, 5.41) is 0. The Morgan fingerprint density at radius 2 is 0.893 bits per heavy atom. The van der Waals surface area contributed by atoms with Crippen LogP contribution in [0.3, 0.4) is 0 Å². The molecule has 2 fully saturated rings. The molecule has 3 rings (SSSR count). The minimum atomic E-state index is -0.805. The molecule has 14 heteroatoms. The third-order valence-corrected chi connectivity index (χ3v) is 7.17. The summed E-state index contributed by atoms with van der Waals surface area (Å²) in [6.07, 6.45) is 6.56. The molecular weight excluding hydrogens is 636 g/mol. The van der Waals surface area contributed by atoms with Crippen molar-refractivity contribution in [2.75, 3.05) is 0 Å². The fourth-order valence-electron chi connectivity index (χ4n) is 1.71. The van der Waals surface area contributed by atoms with Crippen LogP contribution in [0.1, 0.15) is 27.7 Å². The lowest BCUT2D eigenvalue weighted by Gasteiger charge is -2.19. The van der Waals surface area contributed by atoms with Crippen LogP contribution >= 0.6 is 64.6 Å². The molecule has 28 heavy (non-hydrogen) atoms. The summed E-state index contributed by atoms with van der Waals surface area (Å²) >= 11 is 11.7. The first-order valence-electron chi connectivity index (χ1n) is 7.48. The quantitative estimate of drug-likeness (QED) is 0.312. The van der Waals surface area contributed by atoms with Crippen LogP contribution in [0.5, 0.6) is 0 Å². The average molecular weight is 652 g/mol. The number of halogens is 4. The van der Waals surface area contributed by atoms with Gasteiger partial charge in [-0.1, -0.05) is 0 Å². The van der Waals surface area contributed by atoms with Crippen LogP contribution in [-0.2, 0) is 9.59 Å². The Morgan fingerprint density at radius 1 is 0.643 bits per heavy atom. The number of urea groups is 2. The zero-order valence-electron chi connectivity index (χ0n) is 15.1. The van der Waals surface area contributed by atoms with E-state index in [4.69, 9.17) is 0 Å². The van der Waals surface area contributed by atoms with Crippen molar-refractivity contribution >= 4 is 88.5 Å². The Kier molecular flexibility index (Phi) is 8.53. The molecule has 0 atom stereocenters. The summed E-state index contributed by atoms with van der Waals surface area (Å²) in [6, 6.07) is -0.806. The number of imide groups is 2. The number of nitrogens with zero attached hydrogens (tertiary/aromatic N) is 6. The first kappa shape index (κ1) is 24.9. The van der Waals surface area contributed by atoms with Crippen molar-refractivity contribution in [3.8, 4) is 0 Å². The van der Waals surface area contributed by atoms with Crippen LogP contribution in [0, 0.1) is 0 Å². The van der Waals surface area contributed by atoms with Gasteiger partial charge < -0.3 is 0 Å². The van der Waals surface area contributed by atoms with Gasteiger partial charge in [-0.3, -0.25) is 19.6 Å². The molecule has 2 saturated heterocycles. The van der Waals surface area contributed by atoms with E-state index in [9.17, 15) is 19.2 Å². The van der Waals surface area contributed by atoms with Gasteiger partial charge in [-0.2, -0.15) is 7.85 Å². The van der Waals surface area contributed by atoms with Gasteiger partial charge in [0.1, 0.15) is 11.1 Å². The first-order chi connectivity index (χ1) is 12.8. The zero-order chi connectivity index (χ0) is 21.9. The number of amides is 6. The molecule has 6 amide bonds. The SMILES string of the molecule is CC1(C)C(=O)N(Br)C(=O)N1Br.CC1(C)C(=O)N(Br)C(=O)N1Br.c1cnccn1. The summed E-state index contributed by atoms with van der Waals surface area (Å²) in [6.45, 7) is 6.62. The van der Waals surface area contributed by atoms with Gasteiger partial charge in [-0.15, -0.1) is 0 Å². The summed E-state index contributed by atoms with van der Waals surface area (Å²) < 4.78 is 4.22. The molecule has 0 aliphatic carbocycles. The molecule has 154 valence electrons. The van der Waals surface area contributed by atoms with Crippen molar-refractivity contribution in [2.24, 2.45) is 0 Å². The molecule has 2 aliphatic heterocycles.